The molecule has 5 rings (SSSR count). The SMILES string of the molecule is COC[C@H]1CN(c2ncnc(Nc3nc(-c4cc(F)cc(C(F)(F)F)c4)c(CN4CCC[C@H]4C)s3)c2F)CCN1CCC(=O)O. The molecule has 16 heteroatoms. The highest BCUT2D eigenvalue weighted by molar-refractivity contribution is 7.16. The fourth-order valence-corrected chi connectivity index (χ4v) is 6.79. The first-order chi connectivity index (χ1) is 21.4. The summed E-state index contributed by atoms with van der Waals surface area (Å²) in [4.78, 5) is 30.3. The number of methoxy groups -OCH3 is 1. The van der Waals surface area contributed by atoms with Crippen molar-refractivity contribution in [1.82, 2.24) is 24.8 Å². The second-order valence-electron chi connectivity index (χ2n) is 11.2. The maximum absolute atomic E-state index is 15.9. The van der Waals surface area contributed by atoms with E-state index in [9.17, 15) is 22.4 Å². The van der Waals surface area contributed by atoms with Gasteiger partial charge < -0.3 is 20.1 Å². The zero-order chi connectivity index (χ0) is 32.3. The Hall–Kier alpha value is -3.47. The standard InChI is InChI=1S/C29H34F5N7O3S/c1-17-4-3-6-40(17)14-22-25(18-10-19(29(32,33)34)12-20(30)11-18)37-28(45-22)38-26-24(31)27(36-16-35-26)41-9-8-39(7-5-23(42)43)21(13-41)15-44-2/h10-12,16-17,21H,3-9,13-15H2,1-2H3,(H,42,43)(H,35,36,37,38)/t17-,21-/m1/s1. The number of aliphatic carboxylic acids is 1. The van der Waals surface area contributed by atoms with Gasteiger partial charge in [0.2, 0.25) is 5.82 Å². The number of nitrogens with one attached hydrogen (secondary N) is 1. The van der Waals surface area contributed by atoms with Gasteiger partial charge in [0, 0.05) is 56.3 Å². The summed E-state index contributed by atoms with van der Waals surface area (Å²) < 4.78 is 76.2. The van der Waals surface area contributed by atoms with Gasteiger partial charge in [-0.05, 0) is 44.5 Å². The first kappa shape index (κ1) is 32.9. The number of ether oxygens (including phenoxy) is 1. The molecule has 0 amide bonds. The molecule has 244 valence electrons. The second kappa shape index (κ2) is 13.9. The average molecular weight is 656 g/mol. The molecule has 0 unspecified atom stereocenters. The van der Waals surface area contributed by atoms with Gasteiger partial charge in [-0.2, -0.15) is 17.6 Å². The number of carbonyl (C=O) groups is 1. The molecule has 1 aromatic carbocycles. The second-order valence-corrected chi connectivity index (χ2v) is 12.3. The molecule has 0 spiro atoms. The van der Waals surface area contributed by atoms with Crippen LogP contribution in [0.25, 0.3) is 11.3 Å². The number of halogens is 5. The summed E-state index contributed by atoms with van der Waals surface area (Å²) >= 11 is 1.14. The maximum atomic E-state index is 15.9. The van der Waals surface area contributed by atoms with Crippen LogP contribution in [-0.2, 0) is 22.3 Å². The molecule has 2 N–H and O–H groups in total. The summed E-state index contributed by atoms with van der Waals surface area (Å²) in [7, 11) is 1.54. The summed E-state index contributed by atoms with van der Waals surface area (Å²) in [5, 5.41) is 12.2. The number of thiazole rings is 1. The monoisotopic (exact) mass is 655 g/mol. The van der Waals surface area contributed by atoms with Crippen LogP contribution in [0.15, 0.2) is 24.5 Å². The van der Waals surface area contributed by atoms with E-state index >= 15 is 4.39 Å². The van der Waals surface area contributed by atoms with E-state index in [0.717, 1.165) is 42.9 Å². The molecule has 10 nitrogen and oxygen atoms in total. The van der Waals surface area contributed by atoms with Gasteiger partial charge in [0.25, 0.3) is 0 Å². The van der Waals surface area contributed by atoms with E-state index in [1.807, 2.05) is 4.90 Å². The lowest BCUT2D eigenvalue weighted by molar-refractivity contribution is -0.138. The predicted octanol–water partition coefficient (Wildman–Crippen LogP) is 5.24. The quantitative estimate of drug-likeness (QED) is 0.267. The Balaban J connectivity index is 1.42. The Morgan fingerprint density at radius 1 is 1.16 bits per heavy atom. The molecule has 2 aliphatic heterocycles. The molecule has 2 aromatic heterocycles. The number of carboxylic acids is 1. The lowest BCUT2D eigenvalue weighted by Crippen LogP contribution is -2.55. The molecule has 0 saturated carbocycles. The molecule has 3 aromatic rings. The fraction of sp³-hybridized carbons (Fsp3) is 0.517. The number of piperazine rings is 1. The molecule has 2 aliphatic rings. The van der Waals surface area contributed by atoms with E-state index in [0.29, 0.717) is 50.3 Å². The summed E-state index contributed by atoms with van der Waals surface area (Å²) in [5.41, 5.74) is -0.967. The zero-order valence-electron chi connectivity index (χ0n) is 24.8. The van der Waals surface area contributed by atoms with Crippen LogP contribution in [-0.4, -0.2) is 94.4 Å². The molecule has 2 saturated heterocycles. The number of rotatable bonds is 11. The summed E-state index contributed by atoms with van der Waals surface area (Å²) in [5.74, 6) is -2.83. The van der Waals surface area contributed by atoms with E-state index < -0.39 is 29.3 Å². The molecule has 0 bridgehead atoms. The highest BCUT2D eigenvalue weighted by Crippen LogP contribution is 2.39. The summed E-state index contributed by atoms with van der Waals surface area (Å²) in [6, 6.07) is 2.38. The van der Waals surface area contributed by atoms with Crippen molar-refractivity contribution in [2.24, 2.45) is 0 Å². The normalized spacial score (nSPS) is 19.8. The molecule has 45 heavy (non-hydrogen) atoms. The molecule has 0 aliphatic carbocycles. The van der Waals surface area contributed by atoms with Crippen LogP contribution in [0.1, 0.15) is 36.6 Å². The van der Waals surface area contributed by atoms with Crippen LogP contribution in [0.5, 0.6) is 0 Å². The minimum Gasteiger partial charge on any atom is -0.481 e. The van der Waals surface area contributed by atoms with Gasteiger partial charge in [-0.25, -0.2) is 19.3 Å². The largest absolute Gasteiger partial charge is 0.481 e. The van der Waals surface area contributed by atoms with Crippen LogP contribution in [0.3, 0.4) is 0 Å². The Morgan fingerprint density at radius 2 is 1.96 bits per heavy atom. The van der Waals surface area contributed by atoms with Crippen LogP contribution >= 0.6 is 11.3 Å². The van der Waals surface area contributed by atoms with Crippen molar-refractivity contribution >= 4 is 34.1 Å². The van der Waals surface area contributed by atoms with Crippen LogP contribution in [0.2, 0.25) is 0 Å². The third-order valence-electron chi connectivity index (χ3n) is 8.11. The first-order valence-electron chi connectivity index (χ1n) is 14.5. The molecule has 2 atom stereocenters. The van der Waals surface area contributed by atoms with E-state index in [1.54, 1.807) is 4.90 Å². The van der Waals surface area contributed by atoms with E-state index in [4.69, 9.17) is 9.84 Å². The van der Waals surface area contributed by atoms with Gasteiger partial charge in [0.05, 0.1) is 30.3 Å². The average Bonchev–Trinajstić information content (AvgIpc) is 3.58. The van der Waals surface area contributed by atoms with Gasteiger partial charge in [0.15, 0.2) is 16.8 Å². The minimum atomic E-state index is -4.75. The number of hydrogen-bond acceptors (Lipinski definition) is 10. The molecule has 4 heterocycles. The lowest BCUT2D eigenvalue weighted by atomic mass is 10.1. The maximum Gasteiger partial charge on any atom is 0.416 e. The van der Waals surface area contributed by atoms with E-state index in [2.05, 4.69) is 32.1 Å². The van der Waals surface area contributed by atoms with E-state index in [-0.39, 0.29) is 46.5 Å². The number of anilines is 3. The van der Waals surface area contributed by atoms with Crippen LogP contribution in [0, 0.1) is 11.6 Å². The minimum absolute atomic E-state index is 0.0257. The third kappa shape index (κ3) is 7.85. The van der Waals surface area contributed by atoms with Gasteiger partial charge >= 0.3 is 12.1 Å². The predicted molar refractivity (Wildman–Crippen MR) is 159 cm³/mol. The Morgan fingerprint density at radius 3 is 2.64 bits per heavy atom. The van der Waals surface area contributed by atoms with Crippen molar-refractivity contribution in [2.45, 2.75) is 51.0 Å². The van der Waals surface area contributed by atoms with E-state index in [1.165, 1.54) is 13.4 Å². The van der Waals surface area contributed by atoms with Crippen LogP contribution in [0.4, 0.5) is 38.7 Å². The molecule has 2 fully saturated rings. The number of aromatic nitrogens is 3. The number of carboxylic acid groups (broad SMARTS) is 1. The summed E-state index contributed by atoms with van der Waals surface area (Å²) in [6.45, 7) is 5.08. The topological polar surface area (TPSA) is 107 Å². The molecule has 0 radical (unpaired) electrons. The summed E-state index contributed by atoms with van der Waals surface area (Å²) in [6.07, 6.45) is -1.62. The van der Waals surface area contributed by atoms with Gasteiger partial charge in [-0.3, -0.25) is 14.6 Å². The van der Waals surface area contributed by atoms with Crippen molar-refractivity contribution in [3.8, 4) is 11.3 Å². The Kier molecular flexibility index (Phi) is 10.2. The smallest absolute Gasteiger partial charge is 0.416 e. The van der Waals surface area contributed by atoms with Crippen molar-refractivity contribution in [3.63, 3.8) is 0 Å². The van der Waals surface area contributed by atoms with Crippen molar-refractivity contribution in [1.29, 1.82) is 0 Å². The van der Waals surface area contributed by atoms with Crippen molar-refractivity contribution in [3.05, 3.63) is 46.6 Å². The Bertz CT molecular complexity index is 1510. The van der Waals surface area contributed by atoms with Crippen molar-refractivity contribution in [2.75, 3.05) is 56.7 Å². The van der Waals surface area contributed by atoms with Crippen LogP contribution < -0.4 is 10.2 Å². The Labute approximate surface area is 260 Å². The highest BCUT2D eigenvalue weighted by Gasteiger charge is 2.33. The number of nitrogens with zero attached hydrogens (tertiary/aromatic N) is 6. The molecular weight excluding hydrogens is 621 g/mol. The lowest BCUT2D eigenvalue weighted by Gasteiger charge is -2.41. The number of hydrogen-bond donors (Lipinski definition) is 2. The van der Waals surface area contributed by atoms with Gasteiger partial charge in [-0.15, -0.1) is 0 Å². The number of likely N-dealkylation sites (tertiary alicyclic amines) is 1. The molecular formula is C29H34F5N7O3S. The fourth-order valence-electron chi connectivity index (χ4n) is 5.78. The zero-order valence-corrected chi connectivity index (χ0v) is 25.6. The van der Waals surface area contributed by atoms with Crippen molar-refractivity contribution < 1.29 is 36.6 Å². The number of benzene rings is 1. The van der Waals surface area contributed by atoms with Gasteiger partial charge in [0.1, 0.15) is 12.1 Å². The highest BCUT2D eigenvalue weighted by atomic mass is 32.1. The third-order valence-corrected chi connectivity index (χ3v) is 9.06. The van der Waals surface area contributed by atoms with Gasteiger partial charge in [-0.1, -0.05) is 11.3 Å². The number of alkyl halides is 3. The first-order valence-corrected chi connectivity index (χ1v) is 15.3.